The number of aromatic nitrogens is 1. The summed E-state index contributed by atoms with van der Waals surface area (Å²) in [4.78, 5) is 13.1. The molecule has 1 rings (SSSR count). The predicted octanol–water partition coefficient (Wildman–Crippen LogP) is 0.919. The zero-order chi connectivity index (χ0) is 7.72. The Labute approximate surface area is 62.8 Å². The molecule has 0 aromatic carbocycles. The van der Waals surface area contributed by atoms with E-state index < -0.39 is 0 Å². The van der Waals surface area contributed by atoms with Gasteiger partial charge in [-0.05, 0) is 12.5 Å². The van der Waals surface area contributed by atoms with Crippen molar-refractivity contribution >= 4 is 17.3 Å². The molecule has 0 amide bonds. The predicted molar refractivity (Wildman–Crippen MR) is 41.2 cm³/mol. The van der Waals surface area contributed by atoms with Gasteiger partial charge in [0, 0.05) is 6.20 Å². The number of nitrogen functional groups attached to an aromatic ring is 1. The average Bonchev–Trinajstić information content (AvgIpc) is 1.93. The van der Waals surface area contributed by atoms with E-state index in [2.05, 4.69) is 4.98 Å². The van der Waals surface area contributed by atoms with Crippen molar-refractivity contribution in [3.63, 3.8) is 0 Å². The standard InChI is InChI=1S/C6H7ClN2O/c1-3-4(7)2-9-6(10)5(3)8/h2H,8H2,1H3,(H,9,10). The van der Waals surface area contributed by atoms with Crippen molar-refractivity contribution < 1.29 is 0 Å². The van der Waals surface area contributed by atoms with Crippen LogP contribution in [-0.2, 0) is 0 Å². The maximum Gasteiger partial charge on any atom is 0.271 e. The molecule has 10 heavy (non-hydrogen) atoms. The molecule has 0 atom stereocenters. The van der Waals surface area contributed by atoms with E-state index in [1.165, 1.54) is 6.20 Å². The lowest BCUT2D eigenvalue weighted by molar-refractivity contribution is 1.22. The highest BCUT2D eigenvalue weighted by molar-refractivity contribution is 6.31. The molecule has 1 heterocycles. The summed E-state index contributed by atoms with van der Waals surface area (Å²) in [6, 6.07) is 0. The Morgan fingerprint density at radius 1 is 1.70 bits per heavy atom. The third-order valence-electron chi connectivity index (χ3n) is 1.34. The van der Waals surface area contributed by atoms with Gasteiger partial charge < -0.3 is 10.7 Å². The van der Waals surface area contributed by atoms with Crippen LogP contribution in [0.2, 0.25) is 5.02 Å². The van der Waals surface area contributed by atoms with Crippen LogP contribution < -0.4 is 11.3 Å². The molecule has 0 radical (unpaired) electrons. The molecule has 3 nitrogen and oxygen atoms in total. The summed E-state index contributed by atoms with van der Waals surface area (Å²) in [5.41, 5.74) is 5.88. The molecule has 1 aromatic heterocycles. The summed E-state index contributed by atoms with van der Waals surface area (Å²) in [6.45, 7) is 1.70. The minimum atomic E-state index is -0.290. The molecule has 0 unspecified atom stereocenters. The highest BCUT2D eigenvalue weighted by atomic mass is 35.5. The molecular weight excluding hydrogens is 152 g/mol. The maximum absolute atomic E-state index is 10.8. The summed E-state index contributed by atoms with van der Waals surface area (Å²) in [7, 11) is 0. The molecule has 54 valence electrons. The third kappa shape index (κ3) is 0.998. The summed E-state index contributed by atoms with van der Waals surface area (Å²) in [5, 5.41) is 0.483. The van der Waals surface area contributed by atoms with Crippen molar-refractivity contribution in [1.29, 1.82) is 0 Å². The molecule has 0 aliphatic heterocycles. The van der Waals surface area contributed by atoms with Gasteiger partial charge in [0.15, 0.2) is 0 Å². The Hall–Kier alpha value is -0.960. The van der Waals surface area contributed by atoms with Crippen LogP contribution >= 0.6 is 11.6 Å². The summed E-state index contributed by atoms with van der Waals surface area (Å²) in [5.74, 6) is 0. The second-order valence-electron chi connectivity index (χ2n) is 2.00. The van der Waals surface area contributed by atoms with Crippen LogP contribution in [0.3, 0.4) is 0 Å². The molecular formula is C6H7ClN2O. The van der Waals surface area contributed by atoms with Crippen LogP contribution in [-0.4, -0.2) is 4.98 Å². The Bertz CT molecular complexity index is 305. The normalized spacial score (nSPS) is 9.80. The first-order valence-corrected chi connectivity index (χ1v) is 3.14. The van der Waals surface area contributed by atoms with Crippen LogP contribution in [0.5, 0.6) is 0 Å². The van der Waals surface area contributed by atoms with E-state index in [0.29, 0.717) is 10.6 Å². The van der Waals surface area contributed by atoms with Gasteiger partial charge in [-0.1, -0.05) is 11.6 Å². The van der Waals surface area contributed by atoms with Crippen molar-refractivity contribution in [2.45, 2.75) is 6.92 Å². The first kappa shape index (κ1) is 7.15. The minimum Gasteiger partial charge on any atom is -0.394 e. The van der Waals surface area contributed by atoms with E-state index in [-0.39, 0.29) is 11.2 Å². The lowest BCUT2D eigenvalue weighted by Gasteiger charge is -1.98. The lowest BCUT2D eigenvalue weighted by atomic mass is 10.2. The van der Waals surface area contributed by atoms with Crippen LogP contribution in [0, 0.1) is 6.92 Å². The Morgan fingerprint density at radius 3 is 2.80 bits per heavy atom. The van der Waals surface area contributed by atoms with Gasteiger partial charge in [0.05, 0.1) is 5.02 Å². The van der Waals surface area contributed by atoms with E-state index in [4.69, 9.17) is 17.3 Å². The number of rotatable bonds is 0. The van der Waals surface area contributed by atoms with Crippen LogP contribution in [0.25, 0.3) is 0 Å². The SMILES string of the molecule is Cc1c(Cl)c[nH]c(=O)c1N. The minimum absolute atomic E-state index is 0.188. The Morgan fingerprint density at radius 2 is 2.30 bits per heavy atom. The van der Waals surface area contributed by atoms with E-state index in [1.54, 1.807) is 6.92 Å². The number of H-pyrrole nitrogens is 1. The van der Waals surface area contributed by atoms with Crippen molar-refractivity contribution in [3.8, 4) is 0 Å². The van der Waals surface area contributed by atoms with Crippen LogP contribution in [0.4, 0.5) is 5.69 Å². The van der Waals surface area contributed by atoms with E-state index in [0.717, 1.165) is 0 Å². The Kier molecular flexibility index (Phi) is 1.68. The number of nitrogens with two attached hydrogens (primary N) is 1. The average molecular weight is 159 g/mol. The number of hydrogen-bond donors (Lipinski definition) is 2. The number of nitrogens with one attached hydrogen (secondary N) is 1. The number of halogens is 1. The van der Waals surface area contributed by atoms with Gasteiger partial charge >= 0.3 is 0 Å². The number of hydrogen-bond acceptors (Lipinski definition) is 2. The van der Waals surface area contributed by atoms with Gasteiger partial charge in [0.2, 0.25) is 0 Å². The zero-order valence-corrected chi connectivity index (χ0v) is 6.20. The molecule has 3 N–H and O–H groups in total. The monoisotopic (exact) mass is 158 g/mol. The van der Waals surface area contributed by atoms with Gasteiger partial charge in [-0.2, -0.15) is 0 Å². The molecule has 0 aliphatic carbocycles. The first-order valence-electron chi connectivity index (χ1n) is 2.76. The Balaban J connectivity index is 3.49. The van der Waals surface area contributed by atoms with Crippen molar-refractivity contribution in [2.75, 3.05) is 5.73 Å². The lowest BCUT2D eigenvalue weighted by Crippen LogP contribution is -2.12. The molecule has 0 fully saturated rings. The highest BCUT2D eigenvalue weighted by Gasteiger charge is 2.01. The number of anilines is 1. The number of aromatic amines is 1. The summed E-state index contributed by atoms with van der Waals surface area (Å²) in [6.07, 6.45) is 1.43. The van der Waals surface area contributed by atoms with Gasteiger partial charge in [0.25, 0.3) is 5.56 Å². The van der Waals surface area contributed by atoms with Crippen molar-refractivity contribution in [3.05, 3.63) is 27.1 Å². The van der Waals surface area contributed by atoms with Gasteiger partial charge in [-0.3, -0.25) is 4.79 Å². The van der Waals surface area contributed by atoms with Crippen LogP contribution in [0.1, 0.15) is 5.56 Å². The van der Waals surface area contributed by atoms with Gasteiger partial charge in [0.1, 0.15) is 5.69 Å². The summed E-state index contributed by atoms with van der Waals surface area (Å²) >= 11 is 5.64. The van der Waals surface area contributed by atoms with Crippen molar-refractivity contribution in [1.82, 2.24) is 4.98 Å². The maximum atomic E-state index is 10.8. The zero-order valence-electron chi connectivity index (χ0n) is 5.44. The summed E-state index contributed by atoms with van der Waals surface area (Å²) < 4.78 is 0. The fraction of sp³-hybridized carbons (Fsp3) is 0.167. The molecule has 0 spiro atoms. The van der Waals surface area contributed by atoms with Crippen molar-refractivity contribution in [2.24, 2.45) is 0 Å². The smallest absolute Gasteiger partial charge is 0.271 e. The van der Waals surface area contributed by atoms with Gasteiger partial charge in [-0.25, -0.2) is 0 Å². The molecule has 0 aliphatic rings. The van der Waals surface area contributed by atoms with Crippen LogP contribution in [0.15, 0.2) is 11.0 Å². The first-order chi connectivity index (χ1) is 4.63. The molecule has 0 saturated carbocycles. The second kappa shape index (κ2) is 2.34. The number of pyridine rings is 1. The second-order valence-corrected chi connectivity index (χ2v) is 2.41. The van der Waals surface area contributed by atoms with E-state index >= 15 is 0 Å². The molecule has 0 saturated heterocycles. The fourth-order valence-corrected chi connectivity index (χ4v) is 0.770. The highest BCUT2D eigenvalue weighted by Crippen LogP contribution is 2.14. The molecule has 1 aromatic rings. The largest absolute Gasteiger partial charge is 0.394 e. The molecule has 0 bridgehead atoms. The third-order valence-corrected chi connectivity index (χ3v) is 1.73. The topological polar surface area (TPSA) is 58.9 Å². The molecule has 4 heteroatoms. The fourth-order valence-electron chi connectivity index (χ4n) is 0.614. The van der Waals surface area contributed by atoms with E-state index in [1.807, 2.05) is 0 Å². The quantitative estimate of drug-likeness (QED) is 0.590. The van der Waals surface area contributed by atoms with Gasteiger partial charge in [-0.15, -0.1) is 0 Å². The van der Waals surface area contributed by atoms with E-state index in [9.17, 15) is 4.79 Å².